The molecule has 0 aromatic carbocycles. The lowest BCUT2D eigenvalue weighted by Gasteiger charge is -2.32. The average Bonchev–Trinajstić information content (AvgIpc) is 3.29. The van der Waals surface area contributed by atoms with Crippen molar-refractivity contribution in [2.24, 2.45) is 0 Å². The Morgan fingerprint density at radius 3 is 2.00 bits per heavy atom. The molecular weight excluding hydrogens is 520 g/mol. The van der Waals surface area contributed by atoms with Crippen LogP contribution in [0.1, 0.15) is 69.2 Å². The number of carbonyl (C=O) groups excluding carboxylic acids is 2. The summed E-state index contributed by atoms with van der Waals surface area (Å²) in [6.07, 6.45) is -0.666. The standard InChI is InChI=1S/C27H35BFN5O6/c1-24(2,3)37-22(35)34(23(36)38-25(4,5)6)21-31-20-19(29)16(14-15-33(20)32-21)17-12-11-13-18(30-17)28-39-26(7,8)27(9,10)40-28/h11-15H,1-10H3. The van der Waals surface area contributed by atoms with Gasteiger partial charge in [0, 0.05) is 11.8 Å². The van der Waals surface area contributed by atoms with E-state index >= 15 is 4.39 Å². The van der Waals surface area contributed by atoms with Crippen molar-refractivity contribution in [3.05, 3.63) is 36.3 Å². The first-order chi connectivity index (χ1) is 18.3. The maximum Gasteiger partial charge on any atom is 0.514 e. The number of hydrogen-bond donors (Lipinski definition) is 0. The second kappa shape index (κ2) is 9.81. The van der Waals surface area contributed by atoms with Gasteiger partial charge in [-0.1, -0.05) is 6.07 Å². The lowest BCUT2D eigenvalue weighted by Crippen LogP contribution is -2.44. The van der Waals surface area contributed by atoms with Crippen LogP contribution in [0.4, 0.5) is 19.9 Å². The topological polar surface area (TPSA) is 117 Å². The molecule has 4 heterocycles. The van der Waals surface area contributed by atoms with E-state index in [0.717, 1.165) is 4.52 Å². The molecule has 11 nitrogen and oxygen atoms in total. The van der Waals surface area contributed by atoms with Gasteiger partial charge < -0.3 is 18.8 Å². The van der Waals surface area contributed by atoms with Crippen molar-refractivity contribution >= 4 is 36.5 Å². The first kappa shape index (κ1) is 29.4. The Morgan fingerprint density at radius 2 is 1.48 bits per heavy atom. The minimum atomic E-state index is -1.06. The maximum atomic E-state index is 15.9. The fraction of sp³-hybridized carbons (Fsp3) is 0.519. The monoisotopic (exact) mass is 555 g/mol. The predicted molar refractivity (Wildman–Crippen MR) is 147 cm³/mol. The van der Waals surface area contributed by atoms with Crippen LogP contribution in [0.3, 0.4) is 0 Å². The molecule has 1 aliphatic heterocycles. The predicted octanol–water partition coefficient (Wildman–Crippen LogP) is 4.91. The number of fused-ring (bicyclic) bond motifs is 1. The number of anilines is 1. The van der Waals surface area contributed by atoms with E-state index in [1.807, 2.05) is 27.7 Å². The summed E-state index contributed by atoms with van der Waals surface area (Å²) in [6.45, 7) is 17.6. The van der Waals surface area contributed by atoms with Crippen molar-refractivity contribution < 1.29 is 32.8 Å². The number of nitrogens with zero attached hydrogens (tertiary/aromatic N) is 5. The number of ether oxygens (including phenoxy) is 2. The summed E-state index contributed by atoms with van der Waals surface area (Å²) < 4.78 is 39.9. The van der Waals surface area contributed by atoms with Crippen molar-refractivity contribution in [1.82, 2.24) is 19.6 Å². The van der Waals surface area contributed by atoms with Crippen molar-refractivity contribution in [3.63, 3.8) is 0 Å². The number of hydrogen-bond acceptors (Lipinski definition) is 9. The van der Waals surface area contributed by atoms with Gasteiger partial charge in [-0.25, -0.2) is 18.5 Å². The number of rotatable bonds is 3. The Labute approximate surface area is 233 Å². The molecule has 0 radical (unpaired) electrons. The second-order valence-corrected chi connectivity index (χ2v) is 12.6. The van der Waals surface area contributed by atoms with Gasteiger partial charge in [-0.15, -0.1) is 10.00 Å². The quantitative estimate of drug-likeness (QED) is 0.416. The van der Waals surface area contributed by atoms with E-state index in [-0.39, 0.29) is 11.2 Å². The Hall–Kier alpha value is -3.58. The van der Waals surface area contributed by atoms with Gasteiger partial charge in [0.05, 0.1) is 22.5 Å². The highest BCUT2D eigenvalue weighted by atomic mass is 19.1. The summed E-state index contributed by atoms with van der Waals surface area (Å²) in [5, 5.41) is 4.15. The van der Waals surface area contributed by atoms with Crippen LogP contribution in [0.2, 0.25) is 0 Å². The minimum Gasteiger partial charge on any atom is -0.443 e. The molecule has 0 aliphatic carbocycles. The van der Waals surface area contributed by atoms with E-state index in [1.54, 1.807) is 59.7 Å². The number of imide groups is 1. The lowest BCUT2D eigenvalue weighted by molar-refractivity contribution is 0.00578. The summed E-state index contributed by atoms with van der Waals surface area (Å²) >= 11 is 0. The fourth-order valence-electron chi connectivity index (χ4n) is 3.75. The summed E-state index contributed by atoms with van der Waals surface area (Å²) in [4.78, 5) is 35.3. The van der Waals surface area contributed by atoms with Crippen LogP contribution < -0.4 is 10.5 Å². The molecule has 0 N–H and O–H groups in total. The molecule has 0 saturated carbocycles. The summed E-state index contributed by atoms with van der Waals surface area (Å²) in [5.41, 5.74) is -2.28. The molecule has 13 heteroatoms. The van der Waals surface area contributed by atoms with Gasteiger partial charge in [-0.05, 0) is 87.4 Å². The summed E-state index contributed by atoms with van der Waals surface area (Å²) in [5.74, 6) is -1.16. The zero-order chi connectivity index (χ0) is 29.8. The first-order valence-electron chi connectivity index (χ1n) is 12.9. The van der Waals surface area contributed by atoms with E-state index in [9.17, 15) is 9.59 Å². The molecule has 3 aromatic rings. The number of amides is 2. The number of pyridine rings is 2. The number of carbonyl (C=O) groups is 2. The molecule has 0 bridgehead atoms. The first-order valence-corrected chi connectivity index (χ1v) is 12.9. The molecule has 40 heavy (non-hydrogen) atoms. The van der Waals surface area contributed by atoms with Crippen LogP contribution in [-0.4, -0.2) is 61.3 Å². The summed E-state index contributed by atoms with van der Waals surface area (Å²) in [6, 6.07) is 6.60. The molecular formula is C27H35BFN5O6. The third-order valence-corrected chi connectivity index (χ3v) is 6.33. The van der Waals surface area contributed by atoms with Gasteiger partial charge in [0.1, 0.15) is 11.2 Å². The smallest absolute Gasteiger partial charge is 0.443 e. The molecule has 0 atom stereocenters. The molecule has 0 unspecified atom stereocenters. The van der Waals surface area contributed by atoms with E-state index in [2.05, 4.69) is 15.1 Å². The Balaban J connectivity index is 1.72. The van der Waals surface area contributed by atoms with Crippen molar-refractivity contribution in [2.45, 2.75) is 91.6 Å². The van der Waals surface area contributed by atoms with Crippen LogP contribution in [0.25, 0.3) is 16.9 Å². The van der Waals surface area contributed by atoms with E-state index in [4.69, 9.17) is 18.8 Å². The third-order valence-electron chi connectivity index (χ3n) is 6.33. The van der Waals surface area contributed by atoms with Crippen molar-refractivity contribution in [2.75, 3.05) is 4.90 Å². The van der Waals surface area contributed by atoms with Crippen molar-refractivity contribution in [1.29, 1.82) is 0 Å². The van der Waals surface area contributed by atoms with Gasteiger partial charge in [0.2, 0.25) is 0 Å². The van der Waals surface area contributed by atoms with Gasteiger partial charge in [0.25, 0.3) is 5.95 Å². The second-order valence-electron chi connectivity index (χ2n) is 12.6. The van der Waals surface area contributed by atoms with Crippen LogP contribution in [0.5, 0.6) is 0 Å². The maximum absolute atomic E-state index is 15.9. The van der Waals surface area contributed by atoms with Crippen LogP contribution in [0, 0.1) is 5.82 Å². The fourth-order valence-corrected chi connectivity index (χ4v) is 3.75. The lowest BCUT2D eigenvalue weighted by atomic mass is 9.84. The SMILES string of the molecule is CC(C)(C)OC(=O)N(C(=O)OC(C)(C)C)c1nc2c(F)c(-c3cccc(B4OC(C)(C)C(C)(C)O4)n3)ccn2n1. The van der Waals surface area contributed by atoms with Gasteiger partial charge >= 0.3 is 19.3 Å². The highest BCUT2D eigenvalue weighted by Gasteiger charge is 2.52. The zero-order valence-electron chi connectivity index (χ0n) is 24.5. The highest BCUT2D eigenvalue weighted by molar-refractivity contribution is 6.61. The molecule has 1 saturated heterocycles. The van der Waals surface area contributed by atoms with Gasteiger partial charge in [0.15, 0.2) is 11.5 Å². The van der Waals surface area contributed by atoms with Gasteiger partial charge in [-0.2, -0.15) is 4.98 Å². The molecule has 0 spiro atoms. The molecule has 2 amide bonds. The van der Waals surface area contributed by atoms with Gasteiger partial charge in [-0.3, -0.25) is 4.98 Å². The van der Waals surface area contributed by atoms with E-state index < -0.39 is 53.5 Å². The van der Waals surface area contributed by atoms with Crippen LogP contribution >= 0.6 is 0 Å². The number of aromatic nitrogens is 4. The van der Waals surface area contributed by atoms with E-state index in [0.29, 0.717) is 16.2 Å². The number of halogens is 1. The highest BCUT2D eigenvalue weighted by Crippen LogP contribution is 2.36. The Kier molecular flexibility index (Phi) is 7.21. The minimum absolute atomic E-state index is 0.130. The Morgan fingerprint density at radius 1 is 0.925 bits per heavy atom. The molecule has 1 fully saturated rings. The van der Waals surface area contributed by atoms with E-state index in [1.165, 1.54) is 12.3 Å². The van der Waals surface area contributed by atoms with Crippen LogP contribution in [-0.2, 0) is 18.8 Å². The average molecular weight is 555 g/mol. The largest absolute Gasteiger partial charge is 0.514 e. The molecule has 3 aromatic heterocycles. The molecule has 4 rings (SSSR count). The third kappa shape index (κ3) is 5.95. The van der Waals surface area contributed by atoms with Crippen molar-refractivity contribution in [3.8, 4) is 11.3 Å². The van der Waals surface area contributed by atoms with Crippen LogP contribution in [0.15, 0.2) is 30.5 Å². The summed E-state index contributed by atoms with van der Waals surface area (Å²) in [7, 11) is -0.729. The Bertz CT molecular complexity index is 1420. The normalized spacial score (nSPS) is 16.7. The molecule has 214 valence electrons. The zero-order valence-corrected chi connectivity index (χ0v) is 24.5. The molecule has 1 aliphatic rings.